The highest BCUT2D eigenvalue weighted by molar-refractivity contribution is 5.85. The van der Waals surface area contributed by atoms with Gasteiger partial charge in [0.1, 0.15) is 19.8 Å². The maximum atomic E-state index is 2.65. The van der Waals surface area contributed by atoms with Gasteiger partial charge in [-0.15, -0.1) is 12.4 Å². The third-order valence-corrected chi connectivity index (χ3v) is 6.26. The fourth-order valence-electron chi connectivity index (χ4n) is 5.33. The van der Waals surface area contributed by atoms with Crippen LogP contribution in [0.4, 0.5) is 0 Å². The molecule has 0 N–H and O–H groups in total. The molecular formula is C19H28Cl2N2. The summed E-state index contributed by atoms with van der Waals surface area (Å²) < 4.78 is 2.46. The maximum Gasteiger partial charge on any atom is 0.146 e. The lowest BCUT2D eigenvalue weighted by atomic mass is 9.61. The minimum atomic E-state index is 0. The second-order valence-electron chi connectivity index (χ2n) is 7.44. The topological polar surface area (TPSA) is 6.25 Å². The van der Waals surface area contributed by atoms with E-state index in [4.69, 9.17) is 0 Å². The second kappa shape index (κ2) is 7.55. The Hall–Kier alpha value is -0.570. The Bertz CT molecular complexity index is 546. The smallest absolute Gasteiger partial charge is 0.146 e. The van der Waals surface area contributed by atoms with Crippen LogP contribution in [0.15, 0.2) is 30.3 Å². The van der Waals surface area contributed by atoms with Crippen molar-refractivity contribution in [2.45, 2.75) is 31.2 Å². The standard InChI is InChI=1S/C19H27N2.2ClH/c1-20-12-17-15-9-6-10-21(2)19(15)11-16(18(17)13-20)14-7-4-3-5-8-14;;/h3-5,7-8,12,15-19H,6,9-11,13H2,1-2H3;2*1H/q+1;;/p-1. The van der Waals surface area contributed by atoms with Crippen molar-refractivity contribution in [3.8, 4) is 0 Å². The highest BCUT2D eigenvalue weighted by Crippen LogP contribution is 2.49. The van der Waals surface area contributed by atoms with Gasteiger partial charge in [0.25, 0.3) is 0 Å². The molecule has 5 atom stereocenters. The van der Waals surface area contributed by atoms with E-state index in [1.165, 1.54) is 32.4 Å². The molecule has 0 bridgehead atoms. The number of hydrogen-bond acceptors (Lipinski definition) is 1. The first-order valence-corrected chi connectivity index (χ1v) is 8.54. The van der Waals surface area contributed by atoms with Crippen LogP contribution in [0.3, 0.4) is 0 Å². The highest BCUT2D eigenvalue weighted by Gasteiger charge is 2.51. The lowest BCUT2D eigenvalue weighted by Crippen LogP contribution is -3.00. The summed E-state index contributed by atoms with van der Waals surface area (Å²) in [7, 11) is 4.61. The van der Waals surface area contributed by atoms with Crippen molar-refractivity contribution in [3.05, 3.63) is 35.9 Å². The van der Waals surface area contributed by atoms with Crippen LogP contribution in [-0.4, -0.2) is 48.9 Å². The molecule has 4 heteroatoms. The number of fused-ring (bicyclic) bond motifs is 3. The fourth-order valence-corrected chi connectivity index (χ4v) is 5.33. The molecule has 1 aliphatic carbocycles. The van der Waals surface area contributed by atoms with Gasteiger partial charge in [0.05, 0.1) is 0 Å². The summed E-state index contributed by atoms with van der Waals surface area (Å²) in [5.74, 6) is 3.24. The number of piperidine rings is 1. The molecule has 0 spiro atoms. The quantitative estimate of drug-likeness (QED) is 0.656. The predicted molar refractivity (Wildman–Crippen MR) is 94.3 cm³/mol. The molecule has 1 saturated heterocycles. The van der Waals surface area contributed by atoms with Gasteiger partial charge in [0, 0.05) is 17.9 Å². The van der Waals surface area contributed by atoms with E-state index in [0.29, 0.717) is 0 Å². The largest absolute Gasteiger partial charge is 1.00 e. The molecule has 0 radical (unpaired) electrons. The average Bonchev–Trinajstić information content (AvgIpc) is 2.89. The molecule has 3 aliphatic rings. The Morgan fingerprint density at radius 3 is 2.61 bits per heavy atom. The first kappa shape index (κ1) is 18.8. The van der Waals surface area contributed by atoms with Crippen LogP contribution in [0.25, 0.3) is 0 Å². The Kier molecular flexibility index (Phi) is 6.16. The van der Waals surface area contributed by atoms with Crippen molar-refractivity contribution in [1.82, 2.24) is 4.90 Å². The summed E-state index contributed by atoms with van der Waals surface area (Å²) in [6.07, 6.45) is 6.72. The monoisotopic (exact) mass is 354 g/mol. The van der Waals surface area contributed by atoms with E-state index >= 15 is 0 Å². The van der Waals surface area contributed by atoms with Gasteiger partial charge < -0.3 is 17.3 Å². The van der Waals surface area contributed by atoms with E-state index in [2.05, 4.69) is 60.1 Å². The van der Waals surface area contributed by atoms with Crippen molar-refractivity contribution in [1.29, 1.82) is 0 Å². The third-order valence-electron chi connectivity index (χ3n) is 6.26. The number of hydrogen-bond donors (Lipinski definition) is 0. The van der Waals surface area contributed by atoms with E-state index in [0.717, 1.165) is 29.7 Å². The first-order valence-electron chi connectivity index (χ1n) is 8.54. The van der Waals surface area contributed by atoms with Crippen LogP contribution >= 0.6 is 12.4 Å². The molecule has 23 heavy (non-hydrogen) atoms. The number of halogens is 2. The molecule has 1 aromatic carbocycles. The Morgan fingerprint density at radius 1 is 1.13 bits per heavy atom. The molecule has 0 amide bonds. The van der Waals surface area contributed by atoms with Crippen molar-refractivity contribution in [2.24, 2.45) is 17.8 Å². The molecule has 1 saturated carbocycles. The second-order valence-corrected chi connectivity index (χ2v) is 7.44. The van der Waals surface area contributed by atoms with Gasteiger partial charge in [-0.25, -0.2) is 4.58 Å². The summed E-state index contributed by atoms with van der Waals surface area (Å²) in [5, 5.41) is 0. The lowest BCUT2D eigenvalue weighted by molar-refractivity contribution is -0.490. The Labute approximate surface area is 152 Å². The van der Waals surface area contributed by atoms with E-state index in [1.807, 2.05) is 0 Å². The van der Waals surface area contributed by atoms with Crippen molar-refractivity contribution in [3.63, 3.8) is 0 Å². The van der Waals surface area contributed by atoms with E-state index in [1.54, 1.807) is 5.56 Å². The third kappa shape index (κ3) is 3.31. The van der Waals surface area contributed by atoms with Crippen LogP contribution in [-0.2, 0) is 0 Å². The average molecular weight is 355 g/mol. The summed E-state index contributed by atoms with van der Waals surface area (Å²) in [6.45, 7) is 2.53. The number of rotatable bonds is 1. The van der Waals surface area contributed by atoms with Crippen molar-refractivity contribution < 1.29 is 17.0 Å². The van der Waals surface area contributed by atoms with Crippen molar-refractivity contribution >= 4 is 18.6 Å². The van der Waals surface area contributed by atoms with Crippen LogP contribution < -0.4 is 12.4 Å². The van der Waals surface area contributed by atoms with Crippen LogP contribution in [0.2, 0.25) is 0 Å². The minimum absolute atomic E-state index is 0. The molecule has 0 aromatic heterocycles. The zero-order chi connectivity index (χ0) is 14.4. The van der Waals surface area contributed by atoms with Crippen LogP contribution in [0.5, 0.6) is 0 Å². The van der Waals surface area contributed by atoms with Crippen LogP contribution in [0.1, 0.15) is 30.7 Å². The van der Waals surface area contributed by atoms with Gasteiger partial charge in [-0.2, -0.15) is 0 Å². The van der Waals surface area contributed by atoms with Gasteiger partial charge in [0.2, 0.25) is 0 Å². The van der Waals surface area contributed by atoms with E-state index in [-0.39, 0.29) is 24.8 Å². The van der Waals surface area contributed by atoms with E-state index in [9.17, 15) is 0 Å². The first-order chi connectivity index (χ1) is 10.2. The highest BCUT2D eigenvalue weighted by atomic mass is 35.5. The molecule has 128 valence electrons. The summed E-state index contributed by atoms with van der Waals surface area (Å²) in [4.78, 5) is 2.65. The lowest BCUT2D eigenvalue weighted by Gasteiger charge is -2.49. The molecular weight excluding hydrogens is 327 g/mol. The summed E-state index contributed by atoms with van der Waals surface area (Å²) in [6, 6.07) is 12.1. The zero-order valence-electron chi connectivity index (χ0n) is 14.1. The minimum Gasteiger partial charge on any atom is -1.00 e. The molecule has 2 aliphatic heterocycles. The zero-order valence-corrected chi connectivity index (χ0v) is 15.6. The van der Waals surface area contributed by atoms with Gasteiger partial charge in [-0.1, -0.05) is 30.3 Å². The normalized spacial score (nSPS) is 36.1. The molecule has 2 nitrogen and oxygen atoms in total. The SMILES string of the molecule is CN1CCCC2C3C=[N+](C)CC3C(c3ccccc3)CC21.Cl.[Cl-]. The van der Waals surface area contributed by atoms with Crippen LogP contribution in [0, 0.1) is 17.8 Å². The number of benzene rings is 1. The molecule has 2 heterocycles. The number of nitrogens with zero attached hydrogens (tertiary/aromatic N) is 2. The summed E-state index contributed by atoms with van der Waals surface area (Å²) in [5.41, 5.74) is 1.56. The maximum absolute atomic E-state index is 2.65. The Morgan fingerprint density at radius 2 is 1.87 bits per heavy atom. The molecule has 4 rings (SSSR count). The van der Waals surface area contributed by atoms with Gasteiger partial charge in [-0.3, -0.25) is 0 Å². The predicted octanol–water partition coefficient (Wildman–Crippen LogP) is 0.269. The summed E-state index contributed by atoms with van der Waals surface area (Å²) >= 11 is 0. The Balaban J connectivity index is 0.000000960. The van der Waals surface area contributed by atoms with E-state index < -0.39 is 0 Å². The van der Waals surface area contributed by atoms with Crippen molar-refractivity contribution in [2.75, 3.05) is 27.2 Å². The number of likely N-dealkylation sites (tertiary alicyclic amines) is 1. The molecule has 1 aromatic rings. The molecule has 5 unspecified atom stereocenters. The fraction of sp³-hybridized carbons (Fsp3) is 0.632. The molecule has 2 fully saturated rings. The van der Waals surface area contributed by atoms with Gasteiger partial charge >= 0.3 is 0 Å². The van der Waals surface area contributed by atoms with Gasteiger partial charge in [-0.05, 0) is 50.3 Å². The van der Waals surface area contributed by atoms with Gasteiger partial charge in [0.15, 0.2) is 0 Å².